The molecule has 8 nitrogen and oxygen atoms in total. The first kappa shape index (κ1) is 28.3. The summed E-state index contributed by atoms with van der Waals surface area (Å²) in [4.78, 5) is 41.8. The summed E-state index contributed by atoms with van der Waals surface area (Å²) >= 11 is 0. The molecule has 32 heavy (non-hydrogen) atoms. The van der Waals surface area contributed by atoms with Crippen molar-refractivity contribution in [2.45, 2.75) is 90.6 Å². The van der Waals surface area contributed by atoms with Crippen molar-refractivity contribution < 1.29 is 14.4 Å². The second-order valence-corrected chi connectivity index (χ2v) is 11.2. The quantitative estimate of drug-likeness (QED) is 0.143. The Morgan fingerprint density at radius 2 is 1.69 bits per heavy atom. The van der Waals surface area contributed by atoms with E-state index in [2.05, 4.69) is 20.7 Å². The van der Waals surface area contributed by atoms with Gasteiger partial charge in [-0.25, -0.2) is 0 Å². The molecule has 0 aromatic rings. The van der Waals surface area contributed by atoms with Crippen LogP contribution in [0.3, 0.4) is 0 Å². The molecule has 5 N–H and O–H groups in total. The van der Waals surface area contributed by atoms with Crippen LogP contribution in [-0.4, -0.2) is 55.5 Å². The number of hydrogen-bond donors (Lipinski definition) is 4. The fourth-order valence-electron chi connectivity index (χ4n) is 4.14. The molecule has 0 aliphatic heterocycles. The van der Waals surface area contributed by atoms with Crippen molar-refractivity contribution in [2.75, 3.05) is 19.9 Å². The first-order valence-electron chi connectivity index (χ1n) is 12.0. The smallest absolute Gasteiger partial charge is 0.243 e. The molecule has 2 amide bonds. The van der Waals surface area contributed by atoms with Gasteiger partial charge < -0.3 is 21.5 Å². The first-order valence-corrected chi connectivity index (χ1v) is 14.2. The maximum Gasteiger partial charge on any atom is 0.243 e. The highest BCUT2D eigenvalue weighted by Crippen LogP contribution is 2.29. The third kappa shape index (κ3) is 11.3. The van der Waals surface area contributed by atoms with Gasteiger partial charge in [-0.1, -0.05) is 46.0 Å². The number of nitrogens with zero attached hydrogens (tertiary/aromatic N) is 1. The van der Waals surface area contributed by atoms with Gasteiger partial charge in [0.1, 0.15) is 6.04 Å². The predicted octanol–water partition coefficient (Wildman–Crippen LogP) is 2.90. The molecule has 0 bridgehead atoms. The van der Waals surface area contributed by atoms with Gasteiger partial charge in [0.2, 0.25) is 11.8 Å². The summed E-state index contributed by atoms with van der Waals surface area (Å²) in [5.41, 5.74) is 5.85. The molecule has 184 valence electrons. The molecule has 0 aromatic heterocycles. The van der Waals surface area contributed by atoms with E-state index in [4.69, 9.17) is 5.73 Å². The van der Waals surface area contributed by atoms with Gasteiger partial charge in [0.25, 0.3) is 0 Å². The first-order chi connectivity index (χ1) is 15.1. The van der Waals surface area contributed by atoms with Crippen LogP contribution in [0.1, 0.15) is 78.6 Å². The van der Waals surface area contributed by atoms with Gasteiger partial charge in [0.05, 0.1) is 6.04 Å². The molecule has 0 heterocycles. The highest BCUT2D eigenvalue weighted by atomic mass is 31.1. The zero-order chi connectivity index (χ0) is 24.1. The highest BCUT2D eigenvalue weighted by molar-refractivity contribution is 7.54. The number of carbonyl (C=O) groups is 3. The van der Waals surface area contributed by atoms with Crippen molar-refractivity contribution in [2.24, 2.45) is 22.6 Å². The molecular formula is C23H44N5O3P. The highest BCUT2D eigenvalue weighted by Gasteiger charge is 2.27. The monoisotopic (exact) mass is 469 g/mol. The third-order valence-electron chi connectivity index (χ3n) is 5.98. The Hall–Kier alpha value is -1.69. The standard InChI is InChI=1S/C23H44N5O3P/c1-6-19(17(3)29)26-22(31)20(13-10-14-25-23(24)28-32(4)5)27-21(30)16(2)15-18-11-8-7-9-12-18/h16,18-20H,6-15H2,1-5H3,(H,26,31)(H,27,30)(H3,24,25,28)/t16-,19-,20-/m0/s1. The Labute approximate surface area is 195 Å². The molecule has 1 rings (SSSR count). The van der Waals surface area contributed by atoms with Crippen LogP contribution in [0.15, 0.2) is 4.99 Å². The van der Waals surface area contributed by atoms with E-state index in [1.165, 1.54) is 39.0 Å². The van der Waals surface area contributed by atoms with E-state index in [9.17, 15) is 14.4 Å². The SMILES string of the molecule is CC[C@H](NC(=O)[C@H](CCCN=C(N)NP(C)C)NC(=O)[C@@H](C)CC1CCCCC1)C(C)=O. The van der Waals surface area contributed by atoms with Gasteiger partial charge in [0.15, 0.2) is 11.7 Å². The number of Topliss-reactive ketones (excluding diaryl/α,β-unsaturated/α-hetero) is 1. The Bertz CT molecular complexity index is 635. The van der Waals surface area contributed by atoms with Gasteiger partial charge >= 0.3 is 0 Å². The largest absolute Gasteiger partial charge is 0.370 e. The van der Waals surface area contributed by atoms with E-state index in [-0.39, 0.29) is 31.6 Å². The van der Waals surface area contributed by atoms with E-state index < -0.39 is 12.1 Å². The van der Waals surface area contributed by atoms with Crippen molar-refractivity contribution in [1.29, 1.82) is 0 Å². The maximum atomic E-state index is 12.9. The summed E-state index contributed by atoms with van der Waals surface area (Å²) in [6.45, 7) is 9.81. The van der Waals surface area contributed by atoms with Crippen molar-refractivity contribution in [3.8, 4) is 0 Å². The summed E-state index contributed by atoms with van der Waals surface area (Å²) in [5.74, 6) is 0.344. The van der Waals surface area contributed by atoms with Gasteiger partial charge in [-0.15, -0.1) is 0 Å². The summed E-state index contributed by atoms with van der Waals surface area (Å²) in [5, 5.41) is 8.83. The average Bonchev–Trinajstić information content (AvgIpc) is 2.73. The molecule has 1 fully saturated rings. The lowest BCUT2D eigenvalue weighted by Crippen LogP contribution is -2.52. The van der Waals surface area contributed by atoms with E-state index in [0.717, 1.165) is 6.42 Å². The molecule has 0 radical (unpaired) electrons. The topological polar surface area (TPSA) is 126 Å². The van der Waals surface area contributed by atoms with Gasteiger partial charge in [-0.2, -0.15) is 0 Å². The van der Waals surface area contributed by atoms with Crippen LogP contribution >= 0.6 is 8.07 Å². The lowest BCUT2D eigenvalue weighted by Gasteiger charge is -2.26. The van der Waals surface area contributed by atoms with Crippen molar-refractivity contribution >= 4 is 31.6 Å². The summed E-state index contributed by atoms with van der Waals surface area (Å²) in [6.07, 6.45) is 8.54. The summed E-state index contributed by atoms with van der Waals surface area (Å²) in [6, 6.07) is -1.23. The molecule has 9 heteroatoms. The molecule has 0 unspecified atom stereocenters. The van der Waals surface area contributed by atoms with Crippen LogP contribution in [0.25, 0.3) is 0 Å². The fourth-order valence-corrected chi connectivity index (χ4v) is 4.66. The lowest BCUT2D eigenvalue weighted by molar-refractivity contribution is -0.132. The van der Waals surface area contributed by atoms with Gasteiger partial charge in [-0.3, -0.25) is 19.4 Å². The van der Waals surface area contributed by atoms with Gasteiger partial charge in [0, 0.05) is 12.5 Å². The molecular weight excluding hydrogens is 425 g/mol. The Morgan fingerprint density at radius 1 is 1.06 bits per heavy atom. The number of hydrogen-bond acceptors (Lipinski definition) is 4. The van der Waals surface area contributed by atoms with E-state index in [1.807, 2.05) is 27.2 Å². The average molecular weight is 470 g/mol. The van der Waals surface area contributed by atoms with Crippen molar-refractivity contribution in [1.82, 2.24) is 15.7 Å². The Kier molecular flexibility index (Phi) is 13.5. The van der Waals surface area contributed by atoms with Gasteiger partial charge in [-0.05, 0) is 59.9 Å². The second-order valence-electron chi connectivity index (χ2n) is 9.20. The van der Waals surface area contributed by atoms with Crippen LogP contribution in [0.4, 0.5) is 0 Å². The molecule has 3 atom stereocenters. The number of rotatable bonds is 13. The molecule has 1 saturated carbocycles. The second kappa shape index (κ2) is 15.2. The van der Waals surface area contributed by atoms with Crippen molar-refractivity contribution in [3.05, 3.63) is 0 Å². The number of nitrogens with one attached hydrogen (secondary N) is 3. The zero-order valence-electron chi connectivity index (χ0n) is 20.6. The number of aliphatic imine (C=N–C) groups is 1. The zero-order valence-corrected chi connectivity index (χ0v) is 21.5. The molecule has 1 aliphatic rings. The summed E-state index contributed by atoms with van der Waals surface area (Å²) < 4.78 is 0. The van der Waals surface area contributed by atoms with Crippen LogP contribution in [0.5, 0.6) is 0 Å². The number of nitrogens with two attached hydrogens (primary N) is 1. The number of amides is 2. The van der Waals surface area contributed by atoms with Crippen molar-refractivity contribution in [3.63, 3.8) is 0 Å². The normalized spacial score (nSPS) is 18.0. The minimum atomic E-state index is -0.691. The van der Waals surface area contributed by atoms with Crippen LogP contribution < -0.4 is 21.5 Å². The lowest BCUT2D eigenvalue weighted by atomic mass is 9.83. The minimum Gasteiger partial charge on any atom is -0.370 e. The Morgan fingerprint density at radius 3 is 2.25 bits per heavy atom. The third-order valence-corrected chi connectivity index (χ3v) is 6.66. The molecule has 0 spiro atoms. The molecule has 0 saturated heterocycles. The minimum absolute atomic E-state index is 0.0873. The van der Waals surface area contributed by atoms with E-state index in [0.29, 0.717) is 37.7 Å². The Balaban J connectivity index is 2.71. The van der Waals surface area contributed by atoms with Crippen LogP contribution in [-0.2, 0) is 14.4 Å². The predicted molar refractivity (Wildman–Crippen MR) is 133 cm³/mol. The molecule has 0 aromatic carbocycles. The fraction of sp³-hybridized carbons (Fsp3) is 0.826. The van der Waals surface area contributed by atoms with E-state index >= 15 is 0 Å². The number of guanidine groups is 1. The van der Waals surface area contributed by atoms with Crippen LogP contribution in [0.2, 0.25) is 0 Å². The summed E-state index contributed by atoms with van der Waals surface area (Å²) in [7, 11) is -0.388. The number of carbonyl (C=O) groups excluding carboxylic acids is 3. The molecule has 1 aliphatic carbocycles. The number of ketones is 1. The maximum absolute atomic E-state index is 12.9. The van der Waals surface area contributed by atoms with E-state index in [1.54, 1.807) is 0 Å². The van der Waals surface area contributed by atoms with Crippen LogP contribution in [0, 0.1) is 11.8 Å².